The fourth-order valence-electron chi connectivity index (χ4n) is 0.737. The molecule has 0 saturated carbocycles. The van der Waals surface area contributed by atoms with Crippen molar-refractivity contribution in [3.63, 3.8) is 0 Å². The Morgan fingerprint density at radius 3 is 2.12 bits per heavy atom. The van der Waals surface area contributed by atoms with Gasteiger partial charge in [0.05, 0.1) is 0 Å². The lowest BCUT2D eigenvalue weighted by Crippen LogP contribution is -2.41. The summed E-state index contributed by atoms with van der Waals surface area (Å²) in [7, 11) is 0. The van der Waals surface area contributed by atoms with Gasteiger partial charge in [-0.05, 0) is 6.92 Å². The first-order valence-corrected chi connectivity index (χ1v) is 4.33. The second-order valence-corrected chi connectivity index (χ2v) is 2.97. The number of carbonyl (C=O) groups excluding carboxylic acids is 2. The summed E-state index contributed by atoms with van der Waals surface area (Å²) in [5.74, 6) is -4.01. The Bertz CT molecular complexity index is 314. The Labute approximate surface area is 90.6 Å². The Balaban J connectivity index is 3.91. The van der Waals surface area contributed by atoms with Crippen LogP contribution in [0.4, 0.5) is 0 Å². The number of hydrogen-bond acceptors (Lipinski definition) is 4. The number of carboxylic acid groups (broad SMARTS) is 2. The molecule has 0 aromatic carbocycles. The van der Waals surface area contributed by atoms with Gasteiger partial charge in [0.15, 0.2) is 0 Å². The minimum absolute atomic E-state index is 0.583. The summed E-state index contributed by atoms with van der Waals surface area (Å²) in [6.07, 6.45) is -0.606. The van der Waals surface area contributed by atoms with Crippen molar-refractivity contribution in [1.29, 1.82) is 0 Å². The second kappa shape index (κ2) is 6.38. The number of aliphatic carboxylic acids is 2. The highest BCUT2D eigenvalue weighted by atomic mass is 16.4. The lowest BCUT2D eigenvalue weighted by molar-refractivity contribution is -0.142. The molecule has 0 heterocycles. The average Bonchev–Trinajstić information content (AvgIpc) is 2.14. The molecule has 0 saturated heterocycles. The van der Waals surface area contributed by atoms with E-state index in [1.807, 2.05) is 5.32 Å². The molecule has 4 N–H and O–H groups in total. The van der Waals surface area contributed by atoms with Crippen LogP contribution in [-0.2, 0) is 19.2 Å². The predicted octanol–water partition coefficient (Wildman–Crippen LogP) is -1.83. The first kappa shape index (κ1) is 13.9. The minimum Gasteiger partial charge on any atom is -0.480 e. The highest BCUT2D eigenvalue weighted by Gasteiger charge is 2.16. The van der Waals surface area contributed by atoms with E-state index in [9.17, 15) is 19.2 Å². The molecule has 8 heteroatoms. The normalized spacial score (nSPS) is 11.3. The molecule has 1 unspecified atom stereocenters. The van der Waals surface area contributed by atoms with Crippen LogP contribution in [0.2, 0.25) is 0 Å². The largest absolute Gasteiger partial charge is 0.480 e. The van der Waals surface area contributed by atoms with Crippen molar-refractivity contribution in [2.24, 2.45) is 0 Å². The molecule has 90 valence electrons. The van der Waals surface area contributed by atoms with Crippen LogP contribution in [0.1, 0.15) is 13.3 Å². The number of carboxylic acids is 2. The molecule has 0 aromatic heterocycles. The molecule has 2 amide bonds. The molecule has 16 heavy (non-hydrogen) atoms. The number of rotatable bonds is 6. The maximum atomic E-state index is 11.0. The van der Waals surface area contributed by atoms with Crippen LogP contribution in [0.15, 0.2) is 0 Å². The molecule has 0 aliphatic heterocycles. The number of nitrogens with one attached hydrogen (secondary N) is 2. The van der Waals surface area contributed by atoms with E-state index >= 15 is 0 Å². The highest BCUT2D eigenvalue weighted by molar-refractivity contribution is 5.98. The number of amides is 2. The van der Waals surface area contributed by atoms with Crippen LogP contribution in [-0.4, -0.2) is 46.6 Å². The maximum Gasteiger partial charge on any atom is 0.325 e. The fraction of sp³-hybridized carbons (Fsp3) is 0.500. The number of hydrogen-bond donors (Lipinski definition) is 4. The van der Waals surface area contributed by atoms with Crippen molar-refractivity contribution >= 4 is 23.8 Å². The van der Waals surface area contributed by atoms with Gasteiger partial charge in [-0.2, -0.15) is 0 Å². The molecule has 1 atom stereocenters. The third-order valence-corrected chi connectivity index (χ3v) is 1.51. The van der Waals surface area contributed by atoms with Crippen LogP contribution in [0.5, 0.6) is 0 Å². The average molecular weight is 232 g/mol. The van der Waals surface area contributed by atoms with E-state index < -0.39 is 42.8 Å². The molecule has 0 aliphatic rings. The van der Waals surface area contributed by atoms with E-state index in [-0.39, 0.29) is 0 Å². The van der Waals surface area contributed by atoms with Gasteiger partial charge < -0.3 is 20.8 Å². The van der Waals surface area contributed by atoms with Crippen molar-refractivity contribution in [2.45, 2.75) is 19.4 Å². The Morgan fingerprint density at radius 1 is 1.12 bits per heavy atom. The molecule has 0 fully saturated rings. The van der Waals surface area contributed by atoms with Crippen LogP contribution in [0.3, 0.4) is 0 Å². The standard InChI is InChI=1S/C8H12N2O6/c1-4(8(15)16)10-6(12)2-5(11)9-3-7(13)14/h4H,2-3H2,1H3,(H,9,11)(H,10,12)(H,13,14)(H,15,16). The first-order valence-electron chi connectivity index (χ1n) is 4.33. The van der Waals surface area contributed by atoms with E-state index in [0.29, 0.717) is 0 Å². The summed E-state index contributed by atoms with van der Waals surface area (Å²) in [5, 5.41) is 20.7. The van der Waals surface area contributed by atoms with Crippen LogP contribution in [0.25, 0.3) is 0 Å². The molecule has 8 nitrogen and oxygen atoms in total. The van der Waals surface area contributed by atoms with Crippen molar-refractivity contribution in [3.05, 3.63) is 0 Å². The van der Waals surface area contributed by atoms with Gasteiger partial charge in [-0.25, -0.2) is 0 Å². The van der Waals surface area contributed by atoms with Gasteiger partial charge in [-0.3, -0.25) is 19.2 Å². The van der Waals surface area contributed by atoms with Gasteiger partial charge >= 0.3 is 11.9 Å². The molecule has 0 spiro atoms. The van der Waals surface area contributed by atoms with Gasteiger partial charge in [-0.1, -0.05) is 0 Å². The van der Waals surface area contributed by atoms with Crippen molar-refractivity contribution in [3.8, 4) is 0 Å². The summed E-state index contributed by atoms with van der Waals surface area (Å²) in [5.41, 5.74) is 0. The molecular weight excluding hydrogens is 220 g/mol. The lowest BCUT2D eigenvalue weighted by Gasteiger charge is -2.08. The summed E-state index contributed by atoms with van der Waals surface area (Å²) >= 11 is 0. The Hall–Kier alpha value is -2.12. The summed E-state index contributed by atoms with van der Waals surface area (Å²) in [6, 6.07) is -1.10. The lowest BCUT2D eigenvalue weighted by atomic mass is 10.3. The van der Waals surface area contributed by atoms with Crippen molar-refractivity contribution in [2.75, 3.05) is 6.54 Å². The highest BCUT2D eigenvalue weighted by Crippen LogP contribution is 1.85. The molecule has 0 aromatic rings. The van der Waals surface area contributed by atoms with Crippen molar-refractivity contribution < 1.29 is 29.4 Å². The van der Waals surface area contributed by atoms with Crippen molar-refractivity contribution in [1.82, 2.24) is 10.6 Å². The molecule has 0 bridgehead atoms. The zero-order valence-electron chi connectivity index (χ0n) is 8.52. The van der Waals surface area contributed by atoms with Crippen LogP contribution < -0.4 is 10.6 Å². The quantitative estimate of drug-likeness (QED) is 0.398. The van der Waals surface area contributed by atoms with Gasteiger partial charge in [0.1, 0.15) is 19.0 Å². The van der Waals surface area contributed by atoms with Crippen LogP contribution in [0, 0.1) is 0 Å². The molecule has 0 radical (unpaired) electrons. The fourth-order valence-corrected chi connectivity index (χ4v) is 0.737. The monoisotopic (exact) mass is 232 g/mol. The maximum absolute atomic E-state index is 11.0. The molecule has 0 aliphatic carbocycles. The van der Waals surface area contributed by atoms with E-state index in [1.165, 1.54) is 6.92 Å². The number of carbonyl (C=O) groups is 4. The smallest absolute Gasteiger partial charge is 0.325 e. The summed E-state index contributed by atoms with van der Waals surface area (Å²) < 4.78 is 0. The first-order chi connectivity index (χ1) is 7.32. The molecule has 0 rings (SSSR count). The van der Waals surface area contributed by atoms with E-state index in [1.54, 1.807) is 0 Å². The van der Waals surface area contributed by atoms with Gasteiger partial charge in [0, 0.05) is 0 Å². The summed E-state index contributed by atoms with van der Waals surface area (Å²) in [4.78, 5) is 42.4. The zero-order valence-corrected chi connectivity index (χ0v) is 8.52. The van der Waals surface area contributed by atoms with Crippen LogP contribution >= 0.6 is 0 Å². The van der Waals surface area contributed by atoms with Gasteiger partial charge in [0.25, 0.3) is 0 Å². The Morgan fingerprint density at radius 2 is 1.69 bits per heavy atom. The second-order valence-electron chi connectivity index (χ2n) is 2.97. The Kier molecular flexibility index (Phi) is 5.53. The third kappa shape index (κ3) is 6.35. The SMILES string of the molecule is CC(NC(=O)CC(=O)NCC(=O)O)C(=O)O. The van der Waals surface area contributed by atoms with E-state index in [4.69, 9.17) is 10.2 Å². The third-order valence-electron chi connectivity index (χ3n) is 1.51. The van der Waals surface area contributed by atoms with E-state index in [2.05, 4.69) is 5.32 Å². The van der Waals surface area contributed by atoms with E-state index in [0.717, 1.165) is 0 Å². The molecular formula is C8H12N2O6. The predicted molar refractivity (Wildman–Crippen MR) is 50.5 cm³/mol. The topological polar surface area (TPSA) is 133 Å². The minimum atomic E-state index is -1.23. The zero-order chi connectivity index (χ0) is 12.7. The van der Waals surface area contributed by atoms with Gasteiger partial charge in [0.2, 0.25) is 11.8 Å². The summed E-state index contributed by atoms with van der Waals surface area (Å²) in [6.45, 7) is 0.663. The van der Waals surface area contributed by atoms with Gasteiger partial charge in [-0.15, -0.1) is 0 Å².